The first kappa shape index (κ1) is 25.9. The smallest absolute Gasteiger partial charge is 0.337 e. The quantitative estimate of drug-likeness (QED) is 0.245. The normalized spacial score (nSPS) is 20.8. The maximum atomic E-state index is 11.8. The summed E-state index contributed by atoms with van der Waals surface area (Å²) in [7, 11) is -5.55. The number of benzene rings is 2. The van der Waals surface area contributed by atoms with E-state index >= 15 is 0 Å². The van der Waals surface area contributed by atoms with E-state index in [-0.39, 0.29) is 38.4 Å². The SMILES string of the molecule is COC(=O)c1ccc2c(c1)S(=O)(=O)CC2Cl.NC(N)=NC(=O)c1ccc2c(c1)S(=O)(=O)CC2Cl. The molecule has 2 aliphatic heterocycles. The number of nitrogens with zero attached hydrogens (tertiary/aromatic N) is 1. The van der Waals surface area contributed by atoms with Crippen molar-refractivity contribution in [1.82, 2.24) is 0 Å². The first-order valence-corrected chi connectivity index (χ1v) is 13.7. The number of aliphatic imine (C=N–C) groups is 1. The lowest BCUT2D eigenvalue weighted by Crippen LogP contribution is -2.24. The van der Waals surface area contributed by atoms with E-state index in [4.69, 9.17) is 34.7 Å². The highest BCUT2D eigenvalue weighted by molar-refractivity contribution is 7.92. The van der Waals surface area contributed by atoms with Crippen LogP contribution >= 0.6 is 23.2 Å². The predicted octanol–water partition coefficient (Wildman–Crippen LogP) is 1.71. The molecule has 0 saturated heterocycles. The van der Waals surface area contributed by atoms with Crippen LogP contribution in [-0.4, -0.2) is 53.3 Å². The number of fused-ring (bicyclic) bond motifs is 2. The molecule has 14 heteroatoms. The fourth-order valence-corrected chi connectivity index (χ4v) is 8.17. The monoisotopic (exact) mass is 547 g/mol. The number of esters is 1. The second-order valence-corrected chi connectivity index (χ2v) is 12.4. The van der Waals surface area contributed by atoms with E-state index in [1.54, 1.807) is 6.07 Å². The van der Waals surface area contributed by atoms with Gasteiger partial charge in [0, 0.05) is 5.56 Å². The van der Waals surface area contributed by atoms with E-state index in [1.165, 1.54) is 37.4 Å². The molecule has 0 aliphatic carbocycles. The molecule has 182 valence electrons. The number of halogens is 2. The highest BCUT2D eigenvalue weighted by Crippen LogP contribution is 2.38. The van der Waals surface area contributed by atoms with Crippen LogP contribution < -0.4 is 11.5 Å². The van der Waals surface area contributed by atoms with Gasteiger partial charge in [-0.25, -0.2) is 21.6 Å². The number of carbonyl (C=O) groups excluding carboxylic acids is 2. The number of guanidine groups is 1. The Morgan fingerprint density at radius 1 is 0.882 bits per heavy atom. The van der Waals surface area contributed by atoms with Gasteiger partial charge < -0.3 is 16.2 Å². The van der Waals surface area contributed by atoms with Crippen LogP contribution in [0, 0.1) is 0 Å². The Labute approximate surface area is 205 Å². The molecule has 2 aromatic rings. The molecular formula is C20H19Cl2N3O7S2. The van der Waals surface area contributed by atoms with Gasteiger partial charge in [-0.3, -0.25) is 4.79 Å². The summed E-state index contributed by atoms with van der Waals surface area (Å²) in [5.41, 5.74) is 11.5. The third-order valence-corrected chi connectivity index (χ3v) is 9.74. The number of sulfone groups is 2. The summed E-state index contributed by atoms with van der Waals surface area (Å²) >= 11 is 11.8. The van der Waals surface area contributed by atoms with Gasteiger partial charge in [-0.2, -0.15) is 4.99 Å². The van der Waals surface area contributed by atoms with Crippen molar-refractivity contribution in [3.8, 4) is 0 Å². The highest BCUT2D eigenvalue weighted by atomic mass is 35.5. The summed E-state index contributed by atoms with van der Waals surface area (Å²) in [6, 6.07) is 8.60. The van der Waals surface area contributed by atoms with Crippen LogP contribution in [0.3, 0.4) is 0 Å². The number of carbonyl (C=O) groups is 2. The predicted molar refractivity (Wildman–Crippen MR) is 126 cm³/mol. The van der Waals surface area contributed by atoms with E-state index in [0.29, 0.717) is 11.1 Å². The van der Waals surface area contributed by atoms with E-state index in [1.807, 2.05) is 0 Å². The van der Waals surface area contributed by atoms with E-state index in [2.05, 4.69) is 9.73 Å². The van der Waals surface area contributed by atoms with Crippen LogP contribution in [0.4, 0.5) is 0 Å². The van der Waals surface area contributed by atoms with Gasteiger partial charge in [0.05, 0.1) is 44.7 Å². The largest absolute Gasteiger partial charge is 0.465 e. The lowest BCUT2D eigenvalue weighted by Gasteiger charge is -2.03. The number of alkyl halides is 2. The number of hydrogen-bond acceptors (Lipinski definition) is 7. The number of ether oxygens (including phenoxy) is 1. The Kier molecular flexibility index (Phi) is 7.27. The van der Waals surface area contributed by atoms with Gasteiger partial charge >= 0.3 is 5.97 Å². The van der Waals surface area contributed by atoms with Crippen molar-refractivity contribution in [1.29, 1.82) is 0 Å². The number of methoxy groups -OCH3 is 1. The Morgan fingerprint density at radius 2 is 1.32 bits per heavy atom. The van der Waals surface area contributed by atoms with Crippen molar-refractivity contribution < 1.29 is 31.2 Å². The van der Waals surface area contributed by atoms with Crippen molar-refractivity contribution in [3.05, 3.63) is 58.7 Å². The summed E-state index contributed by atoms with van der Waals surface area (Å²) in [4.78, 5) is 26.4. The van der Waals surface area contributed by atoms with Crippen molar-refractivity contribution in [2.75, 3.05) is 18.6 Å². The molecule has 0 fully saturated rings. The second kappa shape index (κ2) is 9.53. The zero-order valence-corrected chi connectivity index (χ0v) is 20.7. The summed E-state index contributed by atoms with van der Waals surface area (Å²) in [6.45, 7) is 0. The molecule has 2 heterocycles. The Hall–Kier alpha value is -2.67. The van der Waals surface area contributed by atoms with Crippen LogP contribution in [-0.2, 0) is 24.4 Å². The number of nitrogens with two attached hydrogens (primary N) is 2. The zero-order valence-electron chi connectivity index (χ0n) is 17.6. The third-order valence-electron chi connectivity index (χ3n) is 5.00. The molecule has 10 nitrogen and oxygen atoms in total. The molecular weight excluding hydrogens is 529 g/mol. The van der Waals surface area contributed by atoms with Crippen LogP contribution in [0.2, 0.25) is 0 Å². The van der Waals surface area contributed by atoms with Crippen LogP contribution in [0.1, 0.15) is 42.6 Å². The Balaban J connectivity index is 0.000000192. The summed E-state index contributed by atoms with van der Waals surface area (Å²) in [5, 5.41) is -1.12. The van der Waals surface area contributed by atoms with Crippen LogP contribution in [0.15, 0.2) is 51.2 Å². The first-order chi connectivity index (χ1) is 15.8. The average Bonchev–Trinajstić information content (AvgIpc) is 3.14. The Bertz CT molecular complexity index is 1420. The van der Waals surface area contributed by atoms with E-state index in [0.717, 1.165) is 0 Å². The fraction of sp³-hybridized carbons (Fsp3) is 0.250. The summed E-state index contributed by atoms with van der Waals surface area (Å²) < 4.78 is 51.5. The minimum absolute atomic E-state index is 0.0687. The minimum atomic E-state index is -3.43. The average molecular weight is 548 g/mol. The van der Waals surface area contributed by atoms with E-state index < -0.39 is 42.3 Å². The molecule has 0 saturated carbocycles. The van der Waals surface area contributed by atoms with Gasteiger partial charge in [-0.05, 0) is 35.4 Å². The van der Waals surface area contributed by atoms with Gasteiger partial charge in [0.25, 0.3) is 5.91 Å². The molecule has 0 radical (unpaired) electrons. The van der Waals surface area contributed by atoms with Crippen molar-refractivity contribution >= 4 is 60.7 Å². The Morgan fingerprint density at radius 3 is 1.76 bits per heavy atom. The molecule has 0 spiro atoms. The summed E-state index contributed by atoms with van der Waals surface area (Å²) in [6.07, 6.45) is 0. The molecule has 2 aliphatic rings. The highest BCUT2D eigenvalue weighted by Gasteiger charge is 2.35. The lowest BCUT2D eigenvalue weighted by atomic mass is 10.1. The maximum absolute atomic E-state index is 11.8. The van der Waals surface area contributed by atoms with Crippen LogP contribution in [0.25, 0.3) is 0 Å². The standard InChI is InChI=1S/C10H10ClN3O3S.C10H9ClO4S/c11-7-4-18(16,17)8-3-5(1-2-6(7)8)9(15)14-10(12)13;1-15-10(12)6-2-3-7-8(11)5-16(13,14)9(7)4-6/h1-3,7H,4H2,(H4,12,13,14,15);2-4,8H,5H2,1H3. The minimum Gasteiger partial charge on any atom is -0.465 e. The lowest BCUT2D eigenvalue weighted by molar-refractivity contribution is 0.0600. The number of amides is 1. The molecule has 4 N–H and O–H groups in total. The van der Waals surface area contributed by atoms with Crippen molar-refractivity contribution in [3.63, 3.8) is 0 Å². The van der Waals surface area contributed by atoms with Gasteiger partial charge in [0.15, 0.2) is 25.6 Å². The third kappa shape index (κ3) is 5.19. The second-order valence-electron chi connectivity index (χ2n) is 7.34. The van der Waals surface area contributed by atoms with E-state index in [9.17, 15) is 26.4 Å². The molecule has 2 aromatic carbocycles. The van der Waals surface area contributed by atoms with Gasteiger partial charge in [0.1, 0.15) is 0 Å². The first-order valence-electron chi connectivity index (χ1n) is 9.50. The number of hydrogen-bond donors (Lipinski definition) is 2. The molecule has 34 heavy (non-hydrogen) atoms. The molecule has 0 bridgehead atoms. The topological polar surface area (TPSA) is 176 Å². The molecule has 1 amide bonds. The van der Waals surface area contributed by atoms with Gasteiger partial charge in [-0.1, -0.05) is 12.1 Å². The van der Waals surface area contributed by atoms with Crippen LogP contribution in [0.5, 0.6) is 0 Å². The molecule has 2 unspecified atom stereocenters. The molecule has 2 atom stereocenters. The number of rotatable bonds is 2. The van der Waals surface area contributed by atoms with Crippen molar-refractivity contribution in [2.45, 2.75) is 20.5 Å². The van der Waals surface area contributed by atoms with Gasteiger partial charge in [0.2, 0.25) is 0 Å². The van der Waals surface area contributed by atoms with Crippen molar-refractivity contribution in [2.24, 2.45) is 16.5 Å². The fourth-order valence-electron chi connectivity index (χ4n) is 3.43. The zero-order chi connectivity index (χ0) is 25.4. The van der Waals surface area contributed by atoms with Gasteiger partial charge in [-0.15, -0.1) is 23.2 Å². The molecule has 4 rings (SSSR count). The summed E-state index contributed by atoms with van der Waals surface area (Å²) in [5.74, 6) is -1.90. The molecule has 0 aromatic heterocycles. The maximum Gasteiger partial charge on any atom is 0.337 e.